The Labute approximate surface area is 262 Å². The van der Waals surface area contributed by atoms with Crippen LogP contribution in [0.15, 0.2) is 36.4 Å². The molecule has 0 bridgehead atoms. The number of fused-ring (bicyclic) bond motifs is 2. The molecule has 3 N–H and O–H groups in total. The summed E-state index contributed by atoms with van der Waals surface area (Å²) < 4.78 is 38.1. The first-order valence-corrected chi connectivity index (χ1v) is 17.0. The highest BCUT2D eigenvalue weighted by Crippen LogP contribution is 2.47. The first-order chi connectivity index (χ1) is 21.4. The fourth-order valence-corrected chi connectivity index (χ4v) is 7.53. The summed E-state index contributed by atoms with van der Waals surface area (Å²) in [4.78, 5) is 67.6. The first kappa shape index (κ1) is 32.5. The number of sulfonamides is 1. The number of allylic oxidation sites excluding steroid dienone is 1. The van der Waals surface area contributed by atoms with Crippen LogP contribution in [0.2, 0.25) is 0 Å². The Morgan fingerprint density at radius 3 is 2.56 bits per heavy atom. The maximum atomic E-state index is 13.8. The van der Waals surface area contributed by atoms with E-state index in [9.17, 15) is 32.4 Å². The number of amides is 4. The molecule has 5 atom stereocenters. The van der Waals surface area contributed by atoms with E-state index < -0.39 is 68.5 Å². The lowest BCUT2D eigenvalue weighted by atomic mass is 9.93. The summed E-state index contributed by atoms with van der Waals surface area (Å²) in [6, 6.07) is 6.30. The molecule has 3 saturated carbocycles. The number of carbonyl (C=O) groups is 5. The number of hydrogen-bond acceptors (Lipinski definition) is 9. The molecule has 4 aliphatic rings. The van der Waals surface area contributed by atoms with E-state index in [0.717, 1.165) is 12.8 Å². The van der Waals surface area contributed by atoms with Gasteiger partial charge in [-0.3, -0.25) is 24.4 Å². The van der Waals surface area contributed by atoms with Crippen LogP contribution in [0, 0.1) is 17.8 Å². The normalized spacial score (nSPS) is 28.5. The summed E-state index contributed by atoms with van der Waals surface area (Å²) >= 11 is 0. The maximum absolute atomic E-state index is 13.8. The third-order valence-corrected chi connectivity index (χ3v) is 10.7. The molecule has 45 heavy (non-hydrogen) atoms. The fraction of sp³-hybridized carbons (Fsp3) is 0.581. The first-order valence-electron chi connectivity index (χ1n) is 15.5. The zero-order valence-corrected chi connectivity index (χ0v) is 26.3. The average Bonchev–Trinajstić information content (AvgIpc) is 3.91. The molecule has 13 nitrogen and oxygen atoms in total. The number of rotatable bonds is 7. The van der Waals surface area contributed by atoms with E-state index in [1.165, 1.54) is 12.1 Å². The van der Waals surface area contributed by atoms with Crippen molar-refractivity contribution in [3.05, 3.63) is 42.0 Å². The van der Waals surface area contributed by atoms with Crippen LogP contribution in [-0.4, -0.2) is 80.2 Å². The second-order valence-electron chi connectivity index (χ2n) is 12.2. The summed E-state index contributed by atoms with van der Waals surface area (Å²) in [5, 5.41) is 4.76. The lowest BCUT2D eigenvalue weighted by Gasteiger charge is -2.26. The van der Waals surface area contributed by atoms with Gasteiger partial charge in [0.2, 0.25) is 21.8 Å². The molecule has 1 aliphatic heterocycles. The number of benzene rings is 1. The number of hydrogen-bond donors (Lipinski definition) is 3. The van der Waals surface area contributed by atoms with Crippen LogP contribution in [0.1, 0.15) is 68.6 Å². The summed E-state index contributed by atoms with van der Waals surface area (Å²) in [5.74, 6) is -4.39. The predicted molar refractivity (Wildman–Crippen MR) is 162 cm³/mol. The SMILES string of the molecule is CCOC(=O)c1ccccc1NC(=O)O[C@@H]1C[C@H]2C(=O)N[C@]3(C(=O)NS(=O)(=O)C4CC4)C[C@H]3C=CCCCCN(C)C(=O)[C@@H]2C1. The summed E-state index contributed by atoms with van der Waals surface area (Å²) in [5.41, 5.74) is -1.12. The molecule has 14 heteroatoms. The number of nitrogens with one attached hydrogen (secondary N) is 3. The Morgan fingerprint density at radius 2 is 1.82 bits per heavy atom. The molecular weight excluding hydrogens is 604 g/mol. The summed E-state index contributed by atoms with van der Waals surface area (Å²) in [6.07, 6.45) is 5.62. The highest BCUT2D eigenvalue weighted by Gasteiger charge is 2.62. The summed E-state index contributed by atoms with van der Waals surface area (Å²) in [6.45, 7) is 2.31. The number of esters is 1. The monoisotopic (exact) mass is 644 g/mol. The minimum absolute atomic E-state index is 0.0155. The Kier molecular flexibility index (Phi) is 9.52. The third-order valence-electron chi connectivity index (χ3n) is 8.93. The van der Waals surface area contributed by atoms with Gasteiger partial charge in [0.1, 0.15) is 11.6 Å². The molecule has 1 heterocycles. The Balaban J connectivity index is 1.33. The minimum Gasteiger partial charge on any atom is -0.462 e. The second-order valence-corrected chi connectivity index (χ2v) is 14.2. The van der Waals surface area contributed by atoms with E-state index in [1.54, 1.807) is 31.0 Å². The fourth-order valence-electron chi connectivity index (χ4n) is 6.16. The van der Waals surface area contributed by atoms with Gasteiger partial charge >= 0.3 is 12.1 Å². The lowest BCUT2D eigenvalue weighted by molar-refractivity contribution is -0.140. The van der Waals surface area contributed by atoms with Gasteiger partial charge in [-0.15, -0.1) is 0 Å². The van der Waals surface area contributed by atoms with Crippen LogP contribution in [-0.2, 0) is 33.9 Å². The van der Waals surface area contributed by atoms with Gasteiger partial charge in [-0.2, -0.15) is 0 Å². The van der Waals surface area contributed by atoms with E-state index >= 15 is 0 Å². The van der Waals surface area contributed by atoms with Crippen LogP contribution in [0.3, 0.4) is 0 Å². The smallest absolute Gasteiger partial charge is 0.411 e. The number of carbonyl (C=O) groups excluding carboxylic acids is 5. The van der Waals surface area contributed by atoms with E-state index in [4.69, 9.17) is 9.47 Å². The Morgan fingerprint density at radius 1 is 1.09 bits per heavy atom. The van der Waals surface area contributed by atoms with Crippen molar-refractivity contribution in [3.8, 4) is 0 Å². The molecule has 0 saturated heterocycles. The van der Waals surface area contributed by atoms with Gasteiger partial charge in [-0.1, -0.05) is 24.3 Å². The quantitative estimate of drug-likeness (QED) is 0.297. The van der Waals surface area contributed by atoms with Crippen molar-refractivity contribution in [3.63, 3.8) is 0 Å². The highest BCUT2D eigenvalue weighted by atomic mass is 32.2. The van der Waals surface area contributed by atoms with E-state index in [-0.39, 0.29) is 43.0 Å². The van der Waals surface area contributed by atoms with Crippen molar-refractivity contribution in [2.24, 2.45) is 17.8 Å². The Hall–Kier alpha value is -3.94. The molecule has 0 aromatic heterocycles. The molecule has 4 amide bonds. The molecule has 5 rings (SSSR count). The number of ether oxygens (including phenoxy) is 2. The van der Waals surface area contributed by atoms with Gasteiger partial charge in [0.25, 0.3) is 5.91 Å². The third kappa shape index (κ3) is 7.32. The zero-order chi connectivity index (χ0) is 32.4. The molecular formula is C31H40N4O9S. The topological polar surface area (TPSA) is 177 Å². The van der Waals surface area contributed by atoms with Crippen LogP contribution in [0.4, 0.5) is 10.5 Å². The molecule has 3 aliphatic carbocycles. The van der Waals surface area contributed by atoms with Crippen LogP contribution in [0.5, 0.6) is 0 Å². The van der Waals surface area contributed by atoms with E-state index in [2.05, 4.69) is 15.4 Å². The van der Waals surface area contributed by atoms with Crippen molar-refractivity contribution < 1.29 is 41.9 Å². The zero-order valence-electron chi connectivity index (χ0n) is 25.5. The van der Waals surface area contributed by atoms with Gasteiger partial charge < -0.3 is 19.7 Å². The average molecular weight is 645 g/mol. The molecule has 0 radical (unpaired) electrons. The largest absolute Gasteiger partial charge is 0.462 e. The highest BCUT2D eigenvalue weighted by molar-refractivity contribution is 7.91. The molecule has 0 spiro atoms. The van der Waals surface area contributed by atoms with Crippen molar-refractivity contribution in [1.29, 1.82) is 0 Å². The maximum Gasteiger partial charge on any atom is 0.411 e. The molecule has 0 unspecified atom stereocenters. The van der Waals surface area contributed by atoms with E-state index in [1.807, 2.05) is 12.2 Å². The predicted octanol–water partition coefficient (Wildman–Crippen LogP) is 2.49. The van der Waals surface area contributed by atoms with E-state index in [0.29, 0.717) is 25.8 Å². The minimum atomic E-state index is -3.85. The van der Waals surface area contributed by atoms with Crippen LogP contribution in [0.25, 0.3) is 0 Å². The van der Waals surface area contributed by atoms with Crippen LogP contribution >= 0.6 is 0 Å². The van der Waals surface area contributed by atoms with Crippen molar-refractivity contribution in [1.82, 2.24) is 14.9 Å². The second kappa shape index (κ2) is 13.2. The van der Waals surface area contributed by atoms with Crippen molar-refractivity contribution in [2.45, 2.75) is 75.2 Å². The molecule has 3 fully saturated rings. The molecule has 244 valence electrons. The van der Waals surface area contributed by atoms with Gasteiger partial charge in [0, 0.05) is 19.5 Å². The summed E-state index contributed by atoms with van der Waals surface area (Å²) in [7, 11) is -2.18. The number of nitrogens with zero attached hydrogens (tertiary/aromatic N) is 1. The van der Waals surface area contributed by atoms with Gasteiger partial charge in [0.05, 0.1) is 34.9 Å². The lowest BCUT2D eigenvalue weighted by Crippen LogP contribution is -2.54. The van der Waals surface area contributed by atoms with Gasteiger partial charge in [-0.05, 0) is 70.4 Å². The molecule has 1 aromatic rings. The van der Waals surface area contributed by atoms with Crippen molar-refractivity contribution >= 4 is 45.5 Å². The van der Waals surface area contributed by atoms with Gasteiger partial charge in [-0.25, -0.2) is 18.0 Å². The van der Waals surface area contributed by atoms with Gasteiger partial charge in [0.15, 0.2) is 0 Å². The molecule has 1 aromatic carbocycles. The Bertz CT molecular complexity index is 1490. The number of para-hydroxylation sites is 1. The van der Waals surface area contributed by atoms with Crippen molar-refractivity contribution in [2.75, 3.05) is 25.5 Å². The number of anilines is 1. The standard InChI is InChI=1S/C31H40N4O9S/c1-3-43-28(38)22-11-7-8-12-25(22)32-30(40)44-20-16-23-24(17-20)27(37)35(2)15-9-5-4-6-10-19-18-31(19,33-26(23)36)29(39)34-45(41,42)21-13-14-21/h6-8,10-12,19-21,23-24H,3-5,9,13-18H2,1-2H3,(H,32,40)(H,33,36)(H,34,39)/t19-,20-,23-,24-,31-/m1/s1. The van der Waals surface area contributed by atoms with Crippen LogP contribution < -0.4 is 15.4 Å².